The van der Waals surface area contributed by atoms with Crippen molar-refractivity contribution in [2.45, 2.75) is 13.0 Å². The topological polar surface area (TPSA) is 37.2 Å². The molecular formula is C27H27F2N5. The van der Waals surface area contributed by atoms with Crippen LogP contribution in [-0.4, -0.2) is 57.3 Å². The third-order valence-corrected chi connectivity index (χ3v) is 6.33. The van der Waals surface area contributed by atoms with Gasteiger partial charge in [-0.05, 0) is 48.4 Å². The number of pyridine rings is 1. The lowest BCUT2D eigenvalue weighted by molar-refractivity contribution is 0.128. The Bertz CT molecular complexity index is 1220. The summed E-state index contributed by atoms with van der Waals surface area (Å²) in [6.07, 6.45) is 4.46. The number of halogens is 2. The molecule has 1 aliphatic rings. The molecular weight excluding hydrogens is 432 g/mol. The van der Waals surface area contributed by atoms with E-state index >= 15 is 0 Å². The Morgan fingerprint density at radius 1 is 0.794 bits per heavy atom. The Labute approximate surface area is 198 Å². The molecule has 4 aromatic rings. The molecule has 0 radical (unpaired) electrons. The summed E-state index contributed by atoms with van der Waals surface area (Å²) in [5, 5.41) is 4.58. The fraction of sp³-hybridized carbons (Fsp3) is 0.259. The Morgan fingerprint density at radius 2 is 1.53 bits per heavy atom. The molecule has 0 saturated carbocycles. The van der Waals surface area contributed by atoms with Crippen molar-refractivity contribution in [1.29, 1.82) is 0 Å². The zero-order valence-electron chi connectivity index (χ0n) is 18.9. The number of piperazine rings is 1. The second-order valence-electron chi connectivity index (χ2n) is 8.59. The monoisotopic (exact) mass is 459 g/mol. The Kier molecular flexibility index (Phi) is 6.74. The average molecular weight is 460 g/mol. The van der Waals surface area contributed by atoms with Crippen molar-refractivity contribution in [3.63, 3.8) is 0 Å². The molecule has 1 saturated heterocycles. The molecule has 2 aromatic heterocycles. The Hall–Kier alpha value is -3.42. The second-order valence-corrected chi connectivity index (χ2v) is 8.59. The molecule has 1 aliphatic heterocycles. The molecule has 5 rings (SSSR count). The van der Waals surface area contributed by atoms with Crippen LogP contribution in [0.1, 0.15) is 11.1 Å². The first-order valence-corrected chi connectivity index (χ1v) is 11.6. The maximum absolute atomic E-state index is 14.8. The lowest BCUT2D eigenvalue weighted by Crippen LogP contribution is -2.46. The molecule has 0 N–H and O–H groups in total. The third-order valence-electron chi connectivity index (χ3n) is 6.33. The lowest BCUT2D eigenvalue weighted by Gasteiger charge is -2.34. The fourth-order valence-corrected chi connectivity index (χ4v) is 4.44. The van der Waals surface area contributed by atoms with Gasteiger partial charge in [0.1, 0.15) is 11.6 Å². The molecule has 34 heavy (non-hydrogen) atoms. The zero-order chi connectivity index (χ0) is 23.3. The minimum Gasteiger partial charge on any atom is -0.300 e. The molecule has 0 aliphatic carbocycles. The lowest BCUT2D eigenvalue weighted by atomic mass is 10.1. The van der Waals surface area contributed by atoms with E-state index in [0.29, 0.717) is 17.9 Å². The number of nitrogens with zero attached hydrogens (tertiary/aromatic N) is 5. The quantitative estimate of drug-likeness (QED) is 0.406. The maximum atomic E-state index is 14.8. The van der Waals surface area contributed by atoms with Gasteiger partial charge in [0.25, 0.3) is 0 Å². The molecule has 174 valence electrons. The van der Waals surface area contributed by atoms with Gasteiger partial charge in [0.15, 0.2) is 5.82 Å². The van der Waals surface area contributed by atoms with Gasteiger partial charge in [-0.1, -0.05) is 30.3 Å². The van der Waals surface area contributed by atoms with Crippen molar-refractivity contribution in [2.75, 3.05) is 32.7 Å². The Morgan fingerprint density at radius 3 is 2.26 bits per heavy atom. The number of hydrogen-bond acceptors (Lipinski definition) is 4. The predicted molar refractivity (Wildman–Crippen MR) is 129 cm³/mol. The summed E-state index contributed by atoms with van der Waals surface area (Å²) >= 11 is 0. The van der Waals surface area contributed by atoms with Crippen LogP contribution >= 0.6 is 0 Å². The summed E-state index contributed by atoms with van der Waals surface area (Å²) in [7, 11) is 0. The predicted octanol–water partition coefficient (Wildman–Crippen LogP) is 4.57. The van der Waals surface area contributed by atoms with Crippen molar-refractivity contribution in [2.24, 2.45) is 0 Å². The zero-order valence-corrected chi connectivity index (χ0v) is 18.9. The molecule has 7 heteroatoms. The highest BCUT2D eigenvalue weighted by Crippen LogP contribution is 2.29. The fourth-order valence-electron chi connectivity index (χ4n) is 4.44. The standard InChI is InChI=1S/C27H27F2N5/c28-23-10-8-21(9-11-23)12-14-32-15-17-33(18-16-32)20-22-19-31-34(26-7-3-4-13-30-26)27(22)24-5-1-2-6-25(24)29/h1-11,13,19H,12,14-18,20H2. The van der Waals surface area contributed by atoms with E-state index in [1.807, 2.05) is 42.6 Å². The van der Waals surface area contributed by atoms with Gasteiger partial charge in [-0.3, -0.25) is 4.90 Å². The SMILES string of the molecule is Fc1ccc(CCN2CCN(Cc3cnn(-c4ccccn4)c3-c3ccccc3F)CC2)cc1. The van der Waals surface area contributed by atoms with Crippen LogP contribution in [0.25, 0.3) is 17.1 Å². The van der Waals surface area contributed by atoms with Gasteiger partial charge < -0.3 is 4.90 Å². The summed E-state index contributed by atoms with van der Waals surface area (Å²) in [5.74, 6) is 0.197. The highest BCUT2D eigenvalue weighted by molar-refractivity contribution is 5.66. The number of benzene rings is 2. The van der Waals surface area contributed by atoms with Crippen LogP contribution in [0.15, 0.2) is 79.1 Å². The highest BCUT2D eigenvalue weighted by atomic mass is 19.1. The van der Waals surface area contributed by atoms with Gasteiger partial charge >= 0.3 is 0 Å². The maximum Gasteiger partial charge on any atom is 0.153 e. The molecule has 0 bridgehead atoms. The minimum atomic E-state index is -0.271. The Balaban J connectivity index is 1.28. The molecule has 1 fully saturated rings. The van der Waals surface area contributed by atoms with Crippen molar-refractivity contribution >= 4 is 0 Å². The van der Waals surface area contributed by atoms with Gasteiger partial charge in [-0.2, -0.15) is 5.10 Å². The summed E-state index contributed by atoms with van der Waals surface area (Å²) in [6.45, 7) is 5.43. The van der Waals surface area contributed by atoms with E-state index in [2.05, 4.69) is 19.9 Å². The van der Waals surface area contributed by atoms with E-state index < -0.39 is 0 Å². The van der Waals surface area contributed by atoms with Crippen LogP contribution in [0.4, 0.5) is 8.78 Å². The molecule has 2 aromatic carbocycles. The first-order valence-electron chi connectivity index (χ1n) is 11.6. The van der Waals surface area contributed by atoms with Gasteiger partial charge in [0, 0.05) is 56.6 Å². The van der Waals surface area contributed by atoms with Gasteiger partial charge in [-0.25, -0.2) is 18.4 Å². The molecule has 0 atom stereocenters. The molecule has 0 unspecified atom stereocenters. The van der Waals surface area contributed by atoms with E-state index in [1.54, 1.807) is 23.0 Å². The highest BCUT2D eigenvalue weighted by Gasteiger charge is 2.22. The van der Waals surface area contributed by atoms with E-state index in [4.69, 9.17) is 0 Å². The van der Waals surface area contributed by atoms with Crippen LogP contribution in [0, 0.1) is 11.6 Å². The second kappa shape index (κ2) is 10.2. The number of rotatable bonds is 7. The van der Waals surface area contributed by atoms with E-state index in [1.165, 1.54) is 18.2 Å². The summed E-state index contributed by atoms with van der Waals surface area (Å²) in [4.78, 5) is 9.25. The summed E-state index contributed by atoms with van der Waals surface area (Å²) < 4.78 is 29.6. The summed E-state index contributed by atoms with van der Waals surface area (Å²) in [6, 6.07) is 19.2. The molecule has 3 heterocycles. The van der Waals surface area contributed by atoms with Crippen molar-refractivity contribution in [3.05, 3.63) is 102 Å². The van der Waals surface area contributed by atoms with Gasteiger partial charge in [0.2, 0.25) is 0 Å². The van der Waals surface area contributed by atoms with E-state index in [0.717, 1.165) is 56.0 Å². The molecule has 0 amide bonds. The van der Waals surface area contributed by atoms with Crippen LogP contribution in [0.5, 0.6) is 0 Å². The summed E-state index contributed by atoms with van der Waals surface area (Å²) in [5.41, 5.74) is 3.41. The van der Waals surface area contributed by atoms with Crippen molar-refractivity contribution < 1.29 is 8.78 Å². The van der Waals surface area contributed by atoms with E-state index in [-0.39, 0.29) is 11.6 Å². The van der Waals surface area contributed by atoms with Crippen molar-refractivity contribution in [3.8, 4) is 17.1 Å². The van der Waals surface area contributed by atoms with E-state index in [9.17, 15) is 8.78 Å². The van der Waals surface area contributed by atoms with Crippen LogP contribution in [0.3, 0.4) is 0 Å². The number of aromatic nitrogens is 3. The van der Waals surface area contributed by atoms with Crippen molar-refractivity contribution in [1.82, 2.24) is 24.6 Å². The van der Waals surface area contributed by atoms with Gasteiger partial charge in [-0.15, -0.1) is 0 Å². The minimum absolute atomic E-state index is 0.196. The molecule has 5 nitrogen and oxygen atoms in total. The largest absolute Gasteiger partial charge is 0.300 e. The molecule has 0 spiro atoms. The van der Waals surface area contributed by atoms with Gasteiger partial charge in [0.05, 0.1) is 11.9 Å². The smallest absolute Gasteiger partial charge is 0.153 e. The van der Waals surface area contributed by atoms with Crippen LogP contribution in [-0.2, 0) is 13.0 Å². The van der Waals surface area contributed by atoms with Crippen LogP contribution < -0.4 is 0 Å². The first kappa shape index (κ1) is 22.4. The van der Waals surface area contributed by atoms with Crippen LogP contribution in [0.2, 0.25) is 0 Å². The normalized spacial score (nSPS) is 15.0. The first-order chi connectivity index (χ1) is 16.7. The third kappa shape index (κ3) is 5.05. The number of hydrogen-bond donors (Lipinski definition) is 0. The average Bonchev–Trinajstić information content (AvgIpc) is 3.28.